The van der Waals surface area contributed by atoms with Crippen LogP contribution in [0, 0.1) is 0 Å². The first-order valence-electron chi connectivity index (χ1n) is 5.08. The number of aromatic nitrogens is 1. The zero-order valence-corrected chi connectivity index (χ0v) is 8.78. The van der Waals surface area contributed by atoms with Crippen LogP contribution in [0.3, 0.4) is 0 Å². The molecule has 1 unspecified atom stereocenters. The van der Waals surface area contributed by atoms with Crippen LogP contribution in [0.5, 0.6) is 0 Å². The van der Waals surface area contributed by atoms with Gasteiger partial charge in [-0.3, -0.25) is 0 Å². The molecule has 0 bridgehead atoms. The summed E-state index contributed by atoms with van der Waals surface area (Å²) in [5, 5.41) is 0. The number of anilines is 1. The molecule has 1 aromatic rings. The van der Waals surface area contributed by atoms with Crippen LogP contribution in [-0.2, 0) is 0 Å². The van der Waals surface area contributed by atoms with E-state index in [-0.39, 0.29) is 0 Å². The third kappa shape index (κ3) is 2.98. The fourth-order valence-corrected chi connectivity index (χ4v) is 1.29. The summed E-state index contributed by atoms with van der Waals surface area (Å²) < 4.78 is 13.2. The minimum Gasteiger partial charge on any atom is -0.354 e. The van der Waals surface area contributed by atoms with Gasteiger partial charge in [0.2, 0.25) is 0 Å². The van der Waals surface area contributed by atoms with Crippen LogP contribution in [0.25, 0.3) is 0 Å². The van der Waals surface area contributed by atoms with Crippen LogP contribution in [0.15, 0.2) is 24.4 Å². The highest BCUT2D eigenvalue weighted by atomic mass is 19.1. The lowest BCUT2D eigenvalue weighted by atomic mass is 10.2. The summed E-state index contributed by atoms with van der Waals surface area (Å²) in [6, 6.07) is 5.69. The molecule has 1 heterocycles. The Morgan fingerprint density at radius 2 is 2.21 bits per heavy atom. The van der Waals surface area contributed by atoms with E-state index in [2.05, 4.69) is 4.98 Å². The predicted molar refractivity (Wildman–Crippen MR) is 57.3 cm³/mol. The van der Waals surface area contributed by atoms with Crippen LogP contribution in [0.1, 0.15) is 20.3 Å². The average Bonchev–Trinajstić information content (AvgIpc) is 2.26. The van der Waals surface area contributed by atoms with E-state index in [1.807, 2.05) is 36.9 Å². The van der Waals surface area contributed by atoms with Crippen LogP contribution in [-0.4, -0.2) is 24.2 Å². The molecule has 14 heavy (non-hydrogen) atoms. The molecule has 1 atom stereocenters. The van der Waals surface area contributed by atoms with E-state index in [1.165, 1.54) is 0 Å². The Balaban J connectivity index is 2.63. The van der Waals surface area contributed by atoms with Gasteiger partial charge in [0.1, 0.15) is 12.0 Å². The minimum absolute atomic E-state index is 0.435. The number of nitrogens with zero attached hydrogens (tertiary/aromatic N) is 2. The van der Waals surface area contributed by atoms with Gasteiger partial charge in [-0.05, 0) is 25.5 Å². The summed E-state index contributed by atoms with van der Waals surface area (Å²) in [5.41, 5.74) is 0. The van der Waals surface area contributed by atoms with Gasteiger partial charge in [0.15, 0.2) is 0 Å². The lowest BCUT2D eigenvalue weighted by molar-refractivity contribution is 0.326. The van der Waals surface area contributed by atoms with E-state index in [0.29, 0.717) is 13.0 Å². The summed E-state index contributed by atoms with van der Waals surface area (Å²) in [7, 11) is 0. The highest BCUT2D eigenvalue weighted by Gasteiger charge is 2.10. The fraction of sp³-hybridized carbons (Fsp3) is 0.545. The van der Waals surface area contributed by atoms with Crippen molar-refractivity contribution in [1.82, 2.24) is 4.98 Å². The largest absolute Gasteiger partial charge is 0.354 e. The van der Waals surface area contributed by atoms with Gasteiger partial charge in [-0.25, -0.2) is 9.37 Å². The van der Waals surface area contributed by atoms with Crippen LogP contribution in [0.2, 0.25) is 0 Å². The first-order valence-corrected chi connectivity index (χ1v) is 5.08. The highest BCUT2D eigenvalue weighted by Crippen LogP contribution is 2.11. The third-order valence-electron chi connectivity index (χ3n) is 2.22. The van der Waals surface area contributed by atoms with E-state index in [0.717, 1.165) is 12.4 Å². The number of halogens is 1. The molecule has 0 N–H and O–H groups in total. The first kappa shape index (κ1) is 11.0. The lowest BCUT2D eigenvalue weighted by Gasteiger charge is -2.23. The highest BCUT2D eigenvalue weighted by molar-refractivity contribution is 5.37. The second kappa shape index (κ2) is 5.58. The number of alkyl halides is 1. The van der Waals surface area contributed by atoms with Crippen molar-refractivity contribution in [1.29, 1.82) is 0 Å². The van der Waals surface area contributed by atoms with E-state index in [4.69, 9.17) is 0 Å². The van der Waals surface area contributed by atoms with E-state index >= 15 is 0 Å². The first-order chi connectivity index (χ1) is 6.77. The number of hydrogen-bond acceptors (Lipinski definition) is 2. The molecule has 0 spiro atoms. The molecule has 0 aliphatic heterocycles. The smallest absolute Gasteiger partial charge is 0.128 e. The van der Waals surface area contributed by atoms with E-state index < -0.39 is 6.17 Å². The maximum atomic E-state index is 13.2. The topological polar surface area (TPSA) is 16.1 Å². The van der Waals surface area contributed by atoms with Crippen LogP contribution in [0.4, 0.5) is 10.2 Å². The van der Waals surface area contributed by atoms with Crippen molar-refractivity contribution < 1.29 is 4.39 Å². The van der Waals surface area contributed by atoms with Crippen LogP contribution < -0.4 is 4.90 Å². The molecule has 0 radical (unpaired) electrons. The quantitative estimate of drug-likeness (QED) is 0.719. The van der Waals surface area contributed by atoms with Crippen molar-refractivity contribution in [2.24, 2.45) is 0 Å². The SMILES string of the molecule is CCC(F)CN(CC)c1ccccn1. The van der Waals surface area contributed by atoms with Gasteiger partial charge in [0.05, 0.1) is 6.54 Å². The molecule has 0 fully saturated rings. The second-order valence-corrected chi connectivity index (χ2v) is 3.23. The van der Waals surface area contributed by atoms with E-state index in [1.54, 1.807) is 6.20 Å². The normalized spacial score (nSPS) is 12.5. The van der Waals surface area contributed by atoms with Crippen molar-refractivity contribution in [2.45, 2.75) is 26.4 Å². The van der Waals surface area contributed by atoms with E-state index in [9.17, 15) is 4.39 Å². The van der Waals surface area contributed by atoms with Gasteiger partial charge in [0, 0.05) is 12.7 Å². The zero-order valence-electron chi connectivity index (χ0n) is 8.78. The Morgan fingerprint density at radius 1 is 1.43 bits per heavy atom. The Hall–Kier alpha value is -1.12. The predicted octanol–water partition coefficient (Wildman–Crippen LogP) is 2.66. The summed E-state index contributed by atoms with van der Waals surface area (Å²) in [6.07, 6.45) is 1.53. The minimum atomic E-state index is -0.767. The Morgan fingerprint density at radius 3 is 2.71 bits per heavy atom. The summed E-state index contributed by atoms with van der Waals surface area (Å²) in [5.74, 6) is 0.853. The average molecular weight is 196 g/mol. The maximum absolute atomic E-state index is 13.2. The maximum Gasteiger partial charge on any atom is 0.128 e. The zero-order chi connectivity index (χ0) is 10.4. The third-order valence-corrected chi connectivity index (χ3v) is 2.22. The van der Waals surface area contributed by atoms with Crippen molar-refractivity contribution >= 4 is 5.82 Å². The van der Waals surface area contributed by atoms with Gasteiger partial charge in [0.25, 0.3) is 0 Å². The lowest BCUT2D eigenvalue weighted by Crippen LogP contribution is -2.30. The molecular formula is C11H17FN2. The molecule has 0 saturated carbocycles. The molecule has 78 valence electrons. The molecule has 1 aromatic heterocycles. The van der Waals surface area contributed by atoms with Crippen molar-refractivity contribution in [2.75, 3.05) is 18.0 Å². The standard InChI is InChI=1S/C11H17FN2/c1-3-10(12)9-14(4-2)11-7-5-6-8-13-11/h5-8,10H,3-4,9H2,1-2H3. The summed E-state index contributed by atoms with van der Waals surface area (Å²) >= 11 is 0. The molecule has 0 aliphatic rings. The number of pyridine rings is 1. The monoisotopic (exact) mass is 196 g/mol. The van der Waals surface area contributed by atoms with Gasteiger partial charge in [-0.15, -0.1) is 0 Å². The second-order valence-electron chi connectivity index (χ2n) is 3.23. The van der Waals surface area contributed by atoms with Gasteiger partial charge < -0.3 is 4.90 Å². The molecule has 2 nitrogen and oxygen atoms in total. The van der Waals surface area contributed by atoms with Crippen LogP contribution >= 0.6 is 0 Å². The Kier molecular flexibility index (Phi) is 4.36. The van der Waals surface area contributed by atoms with Gasteiger partial charge in [-0.2, -0.15) is 0 Å². The number of rotatable bonds is 5. The molecule has 0 amide bonds. The Labute approximate surface area is 84.8 Å². The van der Waals surface area contributed by atoms with Crippen molar-refractivity contribution in [3.8, 4) is 0 Å². The molecule has 0 aliphatic carbocycles. The molecule has 0 saturated heterocycles. The van der Waals surface area contributed by atoms with Crippen molar-refractivity contribution in [3.05, 3.63) is 24.4 Å². The summed E-state index contributed by atoms with van der Waals surface area (Å²) in [4.78, 5) is 6.15. The summed E-state index contributed by atoms with van der Waals surface area (Å²) in [6.45, 7) is 5.09. The fourth-order valence-electron chi connectivity index (χ4n) is 1.29. The van der Waals surface area contributed by atoms with Crippen molar-refractivity contribution in [3.63, 3.8) is 0 Å². The van der Waals surface area contributed by atoms with Gasteiger partial charge in [-0.1, -0.05) is 13.0 Å². The van der Waals surface area contributed by atoms with Gasteiger partial charge >= 0.3 is 0 Å². The Bertz CT molecular complexity index is 251. The molecular weight excluding hydrogens is 179 g/mol. The number of hydrogen-bond donors (Lipinski definition) is 0. The molecule has 3 heteroatoms. The molecule has 1 rings (SSSR count). The molecule has 0 aromatic carbocycles.